The Bertz CT molecular complexity index is 1340. The Hall–Kier alpha value is -2.82. The molecule has 3 aliphatic rings. The van der Waals surface area contributed by atoms with Crippen LogP contribution in [0.25, 0.3) is 0 Å². The van der Waals surface area contributed by atoms with E-state index in [9.17, 15) is 29.7 Å². The number of fused-ring (bicyclic) bond motifs is 1. The van der Waals surface area contributed by atoms with Gasteiger partial charge in [0.2, 0.25) is 0 Å². The smallest absolute Gasteiger partial charge is 0.344 e. The molecule has 0 amide bonds. The molecule has 1 heterocycles. The highest BCUT2D eigenvalue weighted by molar-refractivity contribution is 5.95. The van der Waals surface area contributed by atoms with E-state index in [0.717, 1.165) is 12.8 Å². The molecule has 0 aromatic carbocycles. The molecular formula is C34H49NO9. The van der Waals surface area contributed by atoms with Crippen LogP contribution in [0.2, 0.25) is 0 Å². The van der Waals surface area contributed by atoms with Crippen molar-refractivity contribution in [3.8, 4) is 0 Å². The van der Waals surface area contributed by atoms with Crippen LogP contribution in [0.3, 0.4) is 0 Å². The van der Waals surface area contributed by atoms with Crippen LogP contribution in [-0.4, -0.2) is 68.2 Å². The highest BCUT2D eigenvalue weighted by atomic mass is 16.6. The maximum atomic E-state index is 14.8. The first-order valence-electron chi connectivity index (χ1n) is 16.0. The minimum atomic E-state index is -2.35. The van der Waals surface area contributed by atoms with Crippen LogP contribution in [-0.2, 0) is 31.9 Å². The molecule has 44 heavy (non-hydrogen) atoms. The molecule has 1 spiro atoms. The molecule has 10 heteroatoms. The van der Waals surface area contributed by atoms with Crippen LogP contribution in [0.1, 0.15) is 109 Å². The third kappa shape index (κ3) is 4.97. The van der Waals surface area contributed by atoms with Gasteiger partial charge in [-0.3, -0.25) is 9.59 Å². The van der Waals surface area contributed by atoms with Gasteiger partial charge in [-0.2, -0.15) is 0 Å². The molecular weight excluding hydrogens is 566 g/mol. The first-order chi connectivity index (χ1) is 20.6. The molecule has 1 fully saturated rings. The first-order valence-corrected chi connectivity index (χ1v) is 16.0. The van der Waals surface area contributed by atoms with Crippen LogP contribution >= 0.6 is 0 Å². The van der Waals surface area contributed by atoms with Crippen LogP contribution < -0.4 is 0 Å². The number of hydrogen-bond acceptors (Lipinski definition) is 10. The monoisotopic (exact) mass is 615 g/mol. The lowest BCUT2D eigenvalue weighted by Crippen LogP contribution is -2.65. The molecule has 10 nitrogen and oxygen atoms in total. The minimum absolute atomic E-state index is 0.0783. The molecule has 1 saturated carbocycles. The summed E-state index contributed by atoms with van der Waals surface area (Å²) in [5.41, 5.74) is -5.13. The summed E-state index contributed by atoms with van der Waals surface area (Å²) in [5.74, 6) is -2.70. The maximum absolute atomic E-state index is 14.8. The fourth-order valence-electron chi connectivity index (χ4n) is 7.76. The van der Waals surface area contributed by atoms with Crippen molar-refractivity contribution in [1.29, 1.82) is 0 Å². The summed E-state index contributed by atoms with van der Waals surface area (Å²) < 4.78 is 17.2. The molecule has 5 unspecified atom stereocenters. The molecule has 4 rings (SSSR count). The maximum Gasteiger partial charge on any atom is 0.344 e. The van der Waals surface area contributed by atoms with Gasteiger partial charge in [0.1, 0.15) is 35.6 Å². The molecule has 3 aliphatic carbocycles. The van der Waals surface area contributed by atoms with Gasteiger partial charge in [-0.1, -0.05) is 71.7 Å². The molecule has 7 atom stereocenters. The van der Waals surface area contributed by atoms with E-state index in [2.05, 4.69) is 12.1 Å². The molecule has 0 aliphatic heterocycles. The van der Waals surface area contributed by atoms with Crippen molar-refractivity contribution in [2.45, 2.75) is 124 Å². The fourth-order valence-corrected chi connectivity index (χ4v) is 7.76. The molecule has 1 aromatic heterocycles. The van der Waals surface area contributed by atoms with Crippen molar-refractivity contribution >= 4 is 17.7 Å². The van der Waals surface area contributed by atoms with Crippen molar-refractivity contribution in [1.82, 2.24) is 5.16 Å². The molecule has 1 aromatic rings. The van der Waals surface area contributed by atoms with Gasteiger partial charge in [0.25, 0.3) is 0 Å². The van der Waals surface area contributed by atoms with Gasteiger partial charge < -0.3 is 29.3 Å². The summed E-state index contributed by atoms with van der Waals surface area (Å²) in [6.07, 6.45) is 3.67. The van der Waals surface area contributed by atoms with E-state index in [1.54, 1.807) is 26.0 Å². The van der Waals surface area contributed by atoms with Gasteiger partial charge in [-0.15, -0.1) is 0 Å². The number of ketones is 1. The van der Waals surface area contributed by atoms with E-state index in [1.165, 1.54) is 0 Å². The van der Waals surface area contributed by atoms with Crippen LogP contribution in [0.4, 0.5) is 0 Å². The average Bonchev–Trinajstić information content (AvgIpc) is 3.46. The first kappa shape index (κ1) is 34.1. The number of aliphatic hydroxyl groups is 3. The number of unbranched alkanes of at least 4 members (excludes halogenated alkanes) is 2. The quantitative estimate of drug-likeness (QED) is 0.195. The molecule has 3 N–H and O–H groups in total. The van der Waals surface area contributed by atoms with Gasteiger partial charge in [-0.25, -0.2) is 4.79 Å². The lowest BCUT2D eigenvalue weighted by atomic mass is 9.59. The van der Waals surface area contributed by atoms with Crippen molar-refractivity contribution in [2.24, 2.45) is 22.7 Å². The predicted octanol–water partition coefficient (Wildman–Crippen LogP) is 4.43. The van der Waals surface area contributed by atoms with Gasteiger partial charge in [-0.05, 0) is 50.2 Å². The van der Waals surface area contributed by atoms with Gasteiger partial charge in [0, 0.05) is 24.2 Å². The summed E-state index contributed by atoms with van der Waals surface area (Å²) in [6.45, 7) is 14.2. The highest BCUT2D eigenvalue weighted by Gasteiger charge is 2.73. The normalized spacial score (nSPS) is 34.4. The zero-order chi connectivity index (χ0) is 32.8. The number of nitrogens with zero attached hydrogens (tertiary/aromatic N) is 1. The van der Waals surface area contributed by atoms with Crippen molar-refractivity contribution in [3.63, 3.8) is 0 Å². The summed E-state index contributed by atoms with van der Waals surface area (Å²) in [4.78, 5) is 41.2. The number of ether oxygens (including phenoxy) is 2. The third-order valence-corrected chi connectivity index (χ3v) is 10.8. The van der Waals surface area contributed by atoms with E-state index in [-0.39, 0.29) is 35.7 Å². The zero-order valence-corrected chi connectivity index (χ0v) is 27.4. The Kier molecular flexibility index (Phi) is 9.42. The molecule has 0 saturated heterocycles. The number of aryl methyl sites for hydroxylation is 2. The number of rotatable bonds is 10. The third-order valence-electron chi connectivity index (χ3n) is 10.8. The number of hydrogen-bond donors (Lipinski definition) is 3. The summed E-state index contributed by atoms with van der Waals surface area (Å²) >= 11 is 0. The summed E-state index contributed by atoms with van der Waals surface area (Å²) in [7, 11) is 0. The Balaban J connectivity index is 1.81. The molecule has 244 valence electrons. The Morgan fingerprint density at radius 1 is 1.09 bits per heavy atom. The number of esters is 2. The number of aromatic nitrogens is 1. The van der Waals surface area contributed by atoms with E-state index in [1.807, 2.05) is 34.6 Å². The van der Waals surface area contributed by atoms with Crippen molar-refractivity contribution < 1.29 is 43.7 Å². The Morgan fingerprint density at radius 2 is 1.77 bits per heavy atom. The number of allylic oxidation sites excluding steroid dienone is 1. The molecule has 2 bridgehead atoms. The average molecular weight is 616 g/mol. The minimum Gasteiger partial charge on any atom is -0.459 e. The lowest BCUT2D eigenvalue weighted by Gasteiger charge is -2.48. The zero-order valence-electron chi connectivity index (χ0n) is 27.4. The number of aliphatic hydroxyl groups excluding tert-OH is 2. The second-order valence-electron chi connectivity index (χ2n) is 13.7. The second kappa shape index (κ2) is 12.2. The SMILES string of the molecule is CCCCCC(=O)O[C@]1(C)C[C@@H](C)C23C=C(C)C(O)C2(O)C(O)C(COC(=O)c2c(CC)noc2CC)=CC(C3=O)C1(C)C. The Morgan fingerprint density at radius 3 is 2.39 bits per heavy atom. The molecule has 0 radical (unpaired) electrons. The standard InChI is InChI=1S/C34H49NO9/c1-9-12-13-14-25(36)43-32(8)17-20(5)33-16-19(4)27(37)34(33,41)28(38)21(15-22(29(33)39)31(32,6)7)18-42-30(40)26-23(10-2)35-44-24(26)11-3/h15-16,20,22,27-28,37-38,41H,9-14,17-18H2,1-8H3/t20-,22?,27?,28?,32-,33?,34?/m1/s1. The summed E-state index contributed by atoms with van der Waals surface area (Å²) in [5, 5.41) is 39.7. The van der Waals surface area contributed by atoms with E-state index in [0.29, 0.717) is 36.3 Å². The van der Waals surface area contributed by atoms with Gasteiger partial charge in [0.05, 0.1) is 11.1 Å². The van der Waals surface area contributed by atoms with Gasteiger partial charge >= 0.3 is 11.9 Å². The van der Waals surface area contributed by atoms with Crippen molar-refractivity contribution in [3.05, 3.63) is 40.3 Å². The lowest BCUT2D eigenvalue weighted by molar-refractivity contribution is -0.191. The van der Waals surface area contributed by atoms with E-state index >= 15 is 0 Å². The fraction of sp³-hybridized carbons (Fsp3) is 0.706. The van der Waals surface area contributed by atoms with Gasteiger partial charge in [0.15, 0.2) is 11.5 Å². The predicted molar refractivity (Wildman–Crippen MR) is 161 cm³/mol. The number of carbonyl (C=O) groups is 3. The highest BCUT2D eigenvalue weighted by Crippen LogP contribution is 2.63. The largest absolute Gasteiger partial charge is 0.459 e. The van der Waals surface area contributed by atoms with E-state index in [4.69, 9.17) is 14.0 Å². The topological polar surface area (TPSA) is 156 Å². The van der Waals surface area contributed by atoms with Crippen LogP contribution in [0.5, 0.6) is 0 Å². The Labute approximate surface area is 259 Å². The number of carbonyl (C=O) groups excluding carboxylic acids is 3. The van der Waals surface area contributed by atoms with Crippen LogP contribution in [0.15, 0.2) is 27.8 Å². The van der Waals surface area contributed by atoms with Crippen molar-refractivity contribution in [2.75, 3.05) is 6.61 Å². The van der Waals surface area contributed by atoms with E-state index < -0.39 is 58.7 Å². The second-order valence-corrected chi connectivity index (χ2v) is 13.7. The number of Topliss-reactive ketones (excluding diaryl/α,β-unsaturated/α-hetero) is 1. The van der Waals surface area contributed by atoms with Crippen LogP contribution in [0, 0.1) is 22.7 Å². The summed E-state index contributed by atoms with van der Waals surface area (Å²) in [6, 6.07) is 0.